The van der Waals surface area contributed by atoms with Crippen LogP contribution in [-0.2, 0) is 0 Å². The number of carbonyl (C=O) groups excluding carboxylic acids is 1. The maximum atomic E-state index is 12.7. The van der Waals surface area contributed by atoms with E-state index < -0.39 is 0 Å². The van der Waals surface area contributed by atoms with Gasteiger partial charge in [-0.2, -0.15) is 0 Å². The van der Waals surface area contributed by atoms with Gasteiger partial charge in [0, 0.05) is 31.2 Å². The Bertz CT molecular complexity index is 535. The molecule has 0 radical (unpaired) electrons. The molecule has 0 spiro atoms. The second-order valence-corrected chi connectivity index (χ2v) is 5.25. The van der Waals surface area contributed by atoms with Crippen LogP contribution >= 0.6 is 12.4 Å². The lowest BCUT2D eigenvalue weighted by molar-refractivity contribution is 0.0654. The van der Waals surface area contributed by atoms with Crippen molar-refractivity contribution in [2.45, 2.75) is 13.0 Å². The van der Waals surface area contributed by atoms with Crippen molar-refractivity contribution in [1.82, 2.24) is 10.2 Å². The molecular formula is C15H21ClN2O4. The first-order valence-electron chi connectivity index (χ1n) is 7.20. The molecule has 7 heteroatoms. The van der Waals surface area contributed by atoms with Gasteiger partial charge in [0.2, 0.25) is 5.75 Å². The van der Waals surface area contributed by atoms with Crippen LogP contribution in [-0.4, -0.2) is 56.8 Å². The number of hydrogen-bond donors (Lipinski definition) is 1. The summed E-state index contributed by atoms with van der Waals surface area (Å²) in [5.41, 5.74) is 0.574. The third-order valence-corrected chi connectivity index (χ3v) is 3.84. The lowest BCUT2D eigenvalue weighted by Crippen LogP contribution is -2.52. The Morgan fingerprint density at radius 3 is 2.86 bits per heavy atom. The predicted octanol–water partition coefficient (Wildman–Crippen LogP) is 1.32. The number of amides is 1. The van der Waals surface area contributed by atoms with Crippen molar-refractivity contribution in [2.75, 3.05) is 40.0 Å². The minimum absolute atomic E-state index is 0. The van der Waals surface area contributed by atoms with Gasteiger partial charge in [-0.15, -0.1) is 12.4 Å². The Morgan fingerprint density at radius 2 is 2.14 bits per heavy atom. The number of methoxy groups -OCH3 is 1. The number of halogens is 1. The molecule has 2 aliphatic rings. The summed E-state index contributed by atoms with van der Waals surface area (Å²) < 4.78 is 16.5. The van der Waals surface area contributed by atoms with Gasteiger partial charge < -0.3 is 24.4 Å². The van der Waals surface area contributed by atoms with Crippen LogP contribution in [0, 0.1) is 0 Å². The van der Waals surface area contributed by atoms with Crippen molar-refractivity contribution in [3.63, 3.8) is 0 Å². The Hall–Kier alpha value is -1.66. The molecule has 1 saturated heterocycles. The number of nitrogens with zero attached hydrogens (tertiary/aromatic N) is 1. The maximum absolute atomic E-state index is 12.7. The van der Waals surface area contributed by atoms with Gasteiger partial charge >= 0.3 is 0 Å². The molecule has 2 aliphatic heterocycles. The number of hydrogen-bond acceptors (Lipinski definition) is 5. The molecule has 122 valence electrons. The SMILES string of the molecule is COc1cc(C(=O)N2CCNC[C@@H]2C)cc2c1OCCO2.Cl. The minimum Gasteiger partial charge on any atom is -0.493 e. The number of carbonyl (C=O) groups is 1. The van der Waals surface area contributed by atoms with Crippen molar-refractivity contribution in [2.24, 2.45) is 0 Å². The van der Waals surface area contributed by atoms with Gasteiger partial charge in [0.1, 0.15) is 13.2 Å². The van der Waals surface area contributed by atoms with E-state index in [0.717, 1.165) is 13.1 Å². The van der Waals surface area contributed by atoms with Crippen LogP contribution in [0.2, 0.25) is 0 Å². The highest BCUT2D eigenvalue weighted by Gasteiger charge is 2.27. The second-order valence-electron chi connectivity index (χ2n) is 5.25. The molecule has 1 atom stereocenters. The van der Waals surface area contributed by atoms with Crippen molar-refractivity contribution >= 4 is 18.3 Å². The number of rotatable bonds is 2. The standard InChI is InChI=1S/C15H20N2O4.ClH/c1-10-9-16-3-4-17(10)15(18)11-7-12(19-2)14-13(8-11)20-5-6-21-14;/h7-8,10,16H,3-6,9H2,1-2H3;1H/t10-;/m0./s1. The summed E-state index contributed by atoms with van der Waals surface area (Å²) in [4.78, 5) is 14.6. The molecule has 1 aromatic rings. The highest BCUT2D eigenvalue weighted by atomic mass is 35.5. The third kappa shape index (κ3) is 3.08. The van der Waals surface area contributed by atoms with Gasteiger partial charge in [-0.1, -0.05) is 0 Å². The van der Waals surface area contributed by atoms with Gasteiger partial charge in [-0.05, 0) is 19.1 Å². The molecule has 0 bridgehead atoms. The van der Waals surface area contributed by atoms with E-state index in [-0.39, 0.29) is 24.4 Å². The number of benzene rings is 1. The maximum Gasteiger partial charge on any atom is 0.254 e. The molecule has 22 heavy (non-hydrogen) atoms. The lowest BCUT2D eigenvalue weighted by Gasteiger charge is -2.34. The molecule has 0 aromatic heterocycles. The van der Waals surface area contributed by atoms with Crippen LogP contribution in [0.5, 0.6) is 17.2 Å². The second kappa shape index (κ2) is 7.07. The average molecular weight is 329 g/mol. The van der Waals surface area contributed by atoms with Gasteiger partial charge in [0.15, 0.2) is 11.5 Å². The third-order valence-electron chi connectivity index (χ3n) is 3.84. The topological polar surface area (TPSA) is 60.0 Å². The molecule has 3 rings (SSSR count). The van der Waals surface area contributed by atoms with Crippen molar-refractivity contribution in [3.05, 3.63) is 17.7 Å². The van der Waals surface area contributed by atoms with E-state index in [4.69, 9.17) is 14.2 Å². The van der Waals surface area contributed by atoms with Gasteiger partial charge in [-0.25, -0.2) is 0 Å². The van der Waals surface area contributed by atoms with E-state index in [0.29, 0.717) is 42.6 Å². The number of ether oxygens (including phenoxy) is 3. The van der Waals surface area contributed by atoms with Crippen LogP contribution in [0.4, 0.5) is 0 Å². The molecule has 1 amide bonds. The first kappa shape index (κ1) is 16.7. The zero-order valence-electron chi connectivity index (χ0n) is 12.8. The first-order chi connectivity index (χ1) is 10.2. The molecule has 0 saturated carbocycles. The molecular weight excluding hydrogens is 308 g/mol. The quantitative estimate of drug-likeness (QED) is 0.887. The highest BCUT2D eigenvalue weighted by molar-refractivity contribution is 5.96. The minimum atomic E-state index is -0.000673. The summed E-state index contributed by atoms with van der Waals surface area (Å²) in [5, 5.41) is 3.28. The van der Waals surface area contributed by atoms with E-state index >= 15 is 0 Å². The van der Waals surface area contributed by atoms with E-state index in [1.165, 1.54) is 0 Å². The number of piperazine rings is 1. The Kier molecular flexibility index (Phi) is 5.37. The van der Waals surface area contributed by atoms with Gasteiger partial charge in [0.05, 0.1) is 7.11 Å². The van der Waals surface area contributed by atoms with E-state index in [1.54, 1.807) is 19.2 Å². The molecule has 1 N–H and O–H groups in total. The predicted molar refractivity (Wildman–Crippen MR) is 84.6 cm³/mol. The Morgan fingerprint density at radius 1 is 1.36 bits per heavy atom. The average Bonchev–Trinajstić information content (AvgIpc) is 2.53. The Balaban J connectivity index is 0.00000176. The molecule has 0 aliphatic carbocycles. The molecule has 6 nitrogen and oxygen atoms in total. The summed E-state index contributed by atoms with van der Waals surface area (Å²) in [6.45, 7) is 5.35. The van der Waals surface area contributed by atoms with Gasteiger partial charge in [-0.3, -0.25) is 4.79 Å². The first-order valence-corrected chi connectivity index (χ1v) is 7.20. The van der Waals surface area contributed by atoms with Crippen LogP contribution in [0.15, 0.2) is 12.1 Å². The zero-order valence-corrected chi connectivity index (χ0v) is 13.6. The van der Waals surface area contributed by atoms with Crippen molar-refractivity contribution < 1.29 is 19.0 Å². The van der Waals surface area contributed by atoms with E-state index in [1.807, 2.05) is 11.8 Å². The molecule has 0 unspecified atom stereocenters. The fraction of sp³-hybridized carbons (Fsp3) is 0.533. The molecule has 1 aromatic carbocycles. The van der Waals surface area contributed by atoms with Crippen LogP contribution < -0.4 is 19.5 Å². The van der Waals surface area contributed by atoms with E-state index in [9.17, 15) is 4.79 Å². The molecule has 1 fully saturated rings. The fourth-order valence-corrected chi connectivity index (χ4v) is 2.71. The zero-order chi connectivity index (χ0) is 14.8. The van der Waals surface area contributed by atoms with E-state index in [2.05, 4.69) is 5.32 Å². The Labute approximate surface area is 136 Å². The van der Waals surface area contributed by atoms with Crippen LogP contribution in [0.3, 0.4) is 0 Å². The van der Waals surface area contributed by atoms with Crippen molar-refractivity contribution in [1.29, 1.82) is 0 Å². The fourth-order valence-electron chi connectivity index (χ4n) is 2.71. The normalized spacial score (nSPS) is 20.1. The van der Waals surface area contributed by atoms with Crippen molar-refractivity contribution in [3.8, 4) is 17.2 Å². The largest absolute Gasteiger partial charge is 0.493 e. The summed E-state index contributed by atoms with van der Waals surface area (Å²) in [6.07, 6.45) is 0. The summed E-state index contributed by atoms with van der Waals surface area (Å²) in [5.74, 6) is 1.69. The summed E-state index contributed by atoms with van der Waals surface area (Å²) >= 11 is 0. The number of fused-ring (bicyclic) bond motifs is 1. The summed E-state index contributed by atoms with van der Waals surface area (Å²) in [7, 11) is 1.56. The highest BCUT2D eigenvalue weighted by Crippen LogP contribution is 2.40. The monoisotopic (exact) mass is 328 g/mol. The summed E-state index contributed by atoms with van der Waals surface area (Å²) in [6, 6.07) is 3.64. The van der Waals surface area contributed by atoms with Crippen LogP contribution in [0.1, 0.15) is 17.3 Å². The molecule has 2 heterocycles. The number of nitrogens with one attached hydrogen (secondary N) is 1. The van der Waals surface area contributed by atoms with Crippen LogP contribution in [0.25, 0.3) is 0 Å². The van der Waals surface area contributed by atoms with Gasteiger partial charge in [0.25, 0.3) is 5.91 Å². The smallest absolute Gasteiger partial charge is 0.254 e. The lowest BCUT2D eigenvalue weighted by atomic mass is 10.1.